The van der Waals surface area contributed by atoms with E-state index in [2.05, 4.69) is 28.8 Å². The molecule has 0 aliphatic rings. The van der Waals surface area contributed by atoms with Gasteiger partial charge in [-0.15, -0.1) is 11.3 Å². The number of carbonyl (C=O) groups excluding carboxylic acids is 1. The minimum atomic E-state index is -0.434. The summed E-state index contributed by atoms with van der Waals surface area (Å²) >= 11 is 1.16. The maximum Gasteiger partial charge on any atom is 0.348 e. The van der Waals surface area contributed by atoms with E-state index in [9.17, 15) is 9.59 Å². The minimum Gasteiger partial charge on any atom is -0.462 e. The predicted molar refractivity (Wildman–Crippen MR) is 118 cm³/mol. The normalized spacial score (nSPS) is 11.3. The van der Waals surface area contributed by atoms with Crippen molar-refractivity contribution in [3.8, 4) is 0 Å². The largest absolute Gasteiger partial charge is 0.462 e. The van der Waals surface area contributed by atoms with E-state index in [1.165, 1.54) is 11.0 Å². The number of aromatic nitrogens is 2. The van der Waals surface area contributed by atoms with Crippen LogP contribution in [0.4, 0.5) is 5.69 Å². The van der Waals surface area contributed by atoms with Crippen molar-refractivity contribution in [1.29, 1.82) is 0 Å². The Balaban J connectivity index is 1.90. The van der Waals surface area contributed by atoms with Gasteiger partial charge >= 0.3 is 5.97 Å². The highest BCUT2D eigenvalue weighted by molar-refractivity contribution is 7.20. The van der Waals surface area contributed by atoms with Gasteiger partial charge in [0.05, 0.1) is 18.2 Å². The van der Waals surface area contributed by atoms with Crippen LogP contribution in [-0.4, -0.2) is 41.5 Å². The molecule has 0 fully saturated rings. The first-order valence-electron chi connectivity index (χ1n) is 9.57. The Labute approximate surface area is 173 Å². The molecule has 8 heteroatoms. The number of benzene rings is 1. The van der Waals surface area contributed by atoms with Crippen LogP contribution in [0.2, 0.25) is 0 Å². The van der Waals surface area contributed by atoms with Gasteiger partial charge in [0.1, 0.15) is 16.0 Å². The van der Waals surface area contributed by atoms with Crippen LogP contribution in [0.25, 0.3) is 10.2 Å². The number of hydrogen-bond acceptors (Lipinski definition) is 7. The van der Waals surface area contributed by atoms with E-state index in [4.69, 9.17) is 4.74 Å². The Bertz CT molecular complexity index is 1100. The third-order valence-electron chi connectivity index (χ3n) is 4.65. The molecule has 0 spiro atoms. The van der Waals surface area contributed by atoms with E-state index in [1.54, 1.807) is 20.1 Å². The van der Waals surface area contributed by atoms with Crippen molar-refractivity contribution in [2.45, 2.75) is 27.7 Å². The Hall–Kier alpha value is -3.00. The number of hydrogen-bond donors (Lipinski definition) is 0. The molecule has 3 rings (SSSR count). The molecular weight excluding hydrogens is 388 g/mol. The van der Waals surface area contributed by atoms with Gasteiger partial charge in [-0.05, 0) is 51.0 Å². The molecule has 0 aliphatic carbocycles. The predicted octanol–water partition coefficient (Wildman–Crippen LogP) is 3.67. The monoisotopic (exact) mass is 412 g/mol. The Morgan fingerprint density at radius 2 is 1.93 bits per heavy atom. The van der Waals surface area contributed by atoms with Gasteiger partial charge in [0.2, 0.25) is 0 Å². The molecule has 0 aliphatic heterocycles. The lowest BCUT2D eigenvalue weighted by Gasteiger charge is -2.20. The molecule has 1 aromatic carbocycles. The zero-order chi connectivity index (χ0) is 21.0. The summed E-state index contributed by atoms with van der Waals surface area (Å²) < 4.78 is 6.25. The SMILES string of the molecule is CCOC(=O)c1sc2ncn(N=Cc3ccc(N(CC)CC)cc3)c(=O)c2c1C. The van der Waals surface area contributed by atoms with Crippen molar-refractivity contribution in [2.24, 2.45) is 5.10 Å². The molecule has 0 atom stereocenters. The molecule has 0 bridgehead atoms. The molecule has 2 heterocycles. The van der Waals surface area contributed by atoms with Crippen LogP contribution < -0.4 is 10.5 Å². The third kappa shape index (κ3) is 4.22. The van der Waals surface area contributed by atoms with E-state index < -0.39 is 5.97 Å². The maximum atomic E-state index is 12.8. The Morgan fingerprint density at radius 3 is 2.55 bits per heavy atom. The van der Waals surface area contributed by atoms with Crippen LogP contribution in [0.1, 0.15) is 41.6 Å². The number of carbonyl (C=O) groups is 1. The standard InChI is InChI=1S/C21H24N4O3S/c1-5-24(6-2)16-10-8-15(9-11-16)12-23-25-13-22-19-17(20(25)26)14(4)18(29-19)21(27)28-7-3/h8-13H,5-7H2,1-4H3. The van der Waals surface area contributed by atoms with Crippen LogP contribution in [0, 0.1) is 6.92 Å². The molecule has 0 unspecified atom stereocenters. The summed E-state index contributed by atoms with van der Waals surface area (Å²) in [5.41, 5.74) is 2.29. The molecule has 29 heavy (non-hydrogen) atoms. The summed E-state index contributed by atoms with van der Waals surface area (Å²) in [6.07, 6.45) is 2.99. The highest BCUT2D eigenvalue weighted by Crippen LogP contribution is 2.27. The Kier molecular flexibility index (Phi) is 6.43. The summed E-state index contributed by atoms with van der Waals surface area (Å²) in [5.74, 6) is -0.434. The van der Waals surface area contributed by atoms with Gasteiger partial charge in [-0.1, -0.05) is 12.1 Å². The average molecular weight is 413 g/mol. The Morgan fingerprint density at radius 1 is 1.24 bits per heavy atom. The number of thiophene rings is 1. The average Bonchev–Trinajstić information content (AvgIpc) is 3.07. The molecular formula is C21H24N4O3S. The topological polar surface area (TPSA) is 76.8 Å². The fourth-order valence-corrected chi connectivity index (χ4v) is 4.11. The fraction of sp³-hybridized carbons (Fsp3) is 0.333. The minimum absolute atomic E-state index is 0.279. The van der Waals surface area contributed by atoms with Crippen LogP contribution in [0.5, 0.6) is 0 Å². The zero-order valence-electron chi connectivity index (χ0n) is 17.0. The second-order valence-electron chi connectivity index (χ2n) is 6.36. The highest BCUT2D eigenvalue weighted by atomic mass is 32.1. The molecule has 0 amide bonds. The molecule has 0 N–H and O–H groups in total. The van der Waals surface area contributed by atoms with Crippen LogP contribution >= 0.6 is 11.3 Å². The van der Waals surface area contributed by atoms with Gasteiger partial charge < -0.3 is 9.64 Å². The number of anilines is 1. The number of nitrogens with zero attached hydrogens (tertiary/aromatic N) is 4. The van der Waals surface area contributed by atoms with Crippen molar-refractivity contribution >= 4 is 39.4 Å². The maximum absolute atomic E-state index is 12.8. The molecule has 0 radical (unpaired) electrons. The van der Waals surface area contributed by atoms with Crippen molar-refractivity contribution in [1.82, 2.24) is 9.66 Å². The molecule has 0 saturated heterocycles. The molecule has 7 nitrogen and oxygen atoms in total. The lowest BCUT2D eigenvalue weighted by atomic mass is 10.2. The number of fused-ring (bicyclic) bond motifs is 1. The van der Waals surface area contributed by atoms with Crippen LogP contribution in [0.3, 0.4) is 0 Å². The number of rotatable bonds is 7. The first kappa shape index (κ1) is 20.7. The second kappa shape index (κ2) is 9.00. The summed E-state index contributed by atoms with van der Waals surface area (Å²) in [6, 6.07) is 7.99. The smallest absolute Gasteiger partial charge is 0.348 e. The number of aryl methyl sites for hydroxylation is 1. The number of ether oxygens (including phenoxy) is 1. The second-order valence-corrected chi connectivity index (χ2v) is 7.36. The van der Waals surface area contributed by atoms with Gasteiger partial charge in [-0.3, -0.25) is 4.79 Å². The number of esters is 1. The van der Waals surface area contributed by atoms with Crippen LogP contribution in [0.15, 0.2) is 40.5 Å². The molecule has 0 saturated carbocycles. The van der Waals surface area contributed by atoms with E-state index in [-0.39, 0.29) is 12.2 Å². The molecule has 2 aromatic heterocycles. The molecule has 152 valence electrons. The van der Waals surface area contributed by atoms with Crippen molar-refractivity contribution in [2.75, 3.05) is 24.6 Å². The van der Waals surface area contributed by atoms with Gasteiger partial charge in [-0.25, -0.2) is 9.78 Å². The third-order valence-corrected chi connectivity index (χ3v) is 5.83. The highest BCUT2D eigenvalue weighted by Gasteiger charge is 2.20. The van der Waals surface area contributed by atoms with Crippen molar-refractivity contribution in [3.63, 3.8) is 0 Å². The first-order chi connectivity index (χ1) is 14.0. The van der Waals surface area contributed by atoms with Gasteiger partial charge in [0, 0.05) is 18.8 Å². The van der Waals surface area contributed by atoms with E-state index in [0.29, 0.717) is 20.7 Å². The van der Waals surface area contributed by atoms with Gasteiger partial charge in [0.25, 0.3) is 5.56 Å². The van der Waals surface area contributed by atoms with Crippen molar-refractivity contribution in [3.05, 3.63) is 57.0 Å². The lowest BCUT2D eigenvalue weighted by Crippen LogP contribution is -2.21. The van der Waals surface area contributed by atoms with E-state index >= 15 is 0 Å². The summed E-state index contributed by atoms with van der Waals surface area (Å²) in [4.78, 5) is 32.4. The lowest BCUT2D eigenvalue weighted by molar-refractivity contribution is 0.0531. The summed E-state index contributed by atoms with van der Waals surface area (Å²) in [5, 5.41) is 4.66. The first-order valence-corrected chi connectivity index (χ1v) is 10.4. The summed E-state index contributed by atoms with van der Waals surface area (Å²) in [6.45, 7) is 9.88. The fourth-order valence-electron chi connectivity index (χ4n) is 3.08. The van der Waals surface area contributed by atoms with Crippen LogP contribution in [-0.2, 0) is 4.74 Å². The molecule has 3 aromatic rings. The quantitative estimate of drug-likeness (QED) is 0.437. The van der Waals surface area contributed by atoms with E-state index in [0.717, 1.165) is 35.7 Å². The van der Waals surface area contributed by atoms with Crippen molar-refractivity contribution < 1.29 is 9.53 Å². The zero-order valence-corrected chi connectivity index (χ0v) is 17.8. The van der Waals surface area contributed by atoms with Gasteiger partial charge in [0.15, 0.2) is 0 Å². The van der Waals surface area contributed by atoms with Gasteiger partial charge in [-0.2, -0.15) is 9.78 Å². The van der Waals surface area contributed by atoms with E-state index in [1.807, 2.05) is 24.3 Å². The summed E-state index contributed by atoms with van der Waals surface area (Å²) in [7, 11) is 0.